The second-order valence-corrected chi connectivity index (χ2v) is 5.15. The molecule has 110 valence electrons. The molecule has 0 aliphatic heterocycles. The first-order valence-corrected chi connectivity index (χ1v) is 7.32. The van der Waals surface area contributed by atoms with Gasteiger partial charge in [-0.3, -0.25) is 4.98 Å². The second kappa shape index (κ2) is 5.98. The second-order valence-electron chi connectivity index (χ2n) is 5.15. The average molecular weight is 291 g/mol. The summed E-state index contributed by atoms with van der Waals surface area (Å²) in [5.41, 5.74) is 4.42. The first-order chi connectivity index (χ1) is 10.7. The minimum absolute atomic E-state index is 0.337. The molecule has 0 aliphatic carbocycles. The van der Waals surface area contributed by atoms with E-state index < -0.39 is 0 Å². The number of hydrogen-bond donors (Lipinski definition) is 0. The van der Waals surface area contributed by atoms with Crippen LogP contribution in [0, 0.1) is 6.92 Å². The van der Waals surface area contributed by atoms with E-state index in [9.17, 15) is 4.79 Å². The Morgan fingerprint density at radius 3 is 2.55 bits per heavy atom. The number of carbonyl (C=O) groups is 1. The minimum atomic E-state index is -0.337. The number of ether oxygens (including phenoxy) is 1. The van der Waals surface area contributed by atoms with E-state index in [2.05, 4.69) is 4.98 Å². The van der Waals surface area contributed by atoms with Crippen molar-refractivity contribution in [2.45, 2.75) is 13.8 Å². The van der Waals surface area contributed by atoms with E-state index >= 15 is 0 Å². The molecule has 3 rings (SSSR count). The smallest absolute Gasteiger partial charge is 0.340 e. The van der Waals surface area contributed by atoms with Crippen molar-refractivity contribution in [1.29, 1.82) is 0 Å². The van der Waals surface area contributed by atoms with E-state index in [-0.39, 0.29) is 5.97 Å². The molecule has 2 aromatic carbocycles. The van der Waals surface area contributed by atoms with E-state index in [1.165, 1.54) is 5.56 Å². The quantitative estimate of drug-likeness (QED) is 0.672. The van der Waals surface area contributed by atoms with E-state index in [4.69, 9.17) is 4.74 Å². The van der Waals surface area contributed by atoms with Crippen LogP contribution in [0.15, 0.2) is 54.7 Å². The maximum atomic E-state index is 12.3. The summed E-state index contributed by atoms with van der Waals surface area (Å²) in [6.07, 6.45) is 1.61. The van der Waals surface area contributed by atoms with Crippen molar-refractivity contribution in [1.82, 2.24) is 4.98 Å². The molecule has 0 fully saturated rings. The summed E-state index contributed by atoms with van der Waals surface area (Å²) in [5, 5.41) is 0.955. The van der Waals surface area contributed by atoms with Gasteiger partial charge in [0, 0.05) is 17.1 Å². The highest BCUT2D eigenvalue weighted by Gasteiger charge is 2.17. The summed E-state index contributed by atoms with van der Waals surface area (Å²) >= 11 is 0. The van der Waals surface area contributed by atoms with Crippen LogP contribution in [0.25, 0.3) is 22.0 Å². The Kier molecular flexibility index (Phi) is 3.88. The summed E-state index contributed by atoms with van der Waals surface area (Å²) in [6, 6.07) is 16.0. The number of aryl methyl sites for hydroxylation is 1. The third kappa shape index (κ3) is 2.58. The molecule has 0 bridgehead atoms. The largest absolute Gasteiger partial charge is 0.462 e. The van der Waals surface area contributed by atoms with Crippen LogP contribution in [-0.2, 0) is 4.74 Å². The Bertz CT molecular complexity index is 822. The zero-order valence-corrected chi connectivity index (χ0v) is 12.7. The lowest BCUT2D eigenvalue weighted by Crippen LogP contribution is -2.07. The number of esters is 1. The predicted octanol–water partition coefficient (Wildman–Crippen LogP) is 4.39. The third-order valence-corrected chi connectivity index (χ3v) is 3.61. The van der Waals surface area contributed by atoms with Gasteiger partial charge in [-0.25, -0.2) is 4.79 Å². The van der Waals surface area contributed by atoms with Gasteiger partial charge >= 0.3 is 5.97 Å². The Labute approximate surface area is 129 Å². The first kappa shape index (κ1) is 14.3. The monoisotopic (exact) mass is 291 g/mol. The molecule has 1 heterocycles. The summed E-state index contributed by atoms with van der Waals surface area (Å²) in [4.78, 5) is 16.7. The maximum absolute atomic E-state index is 12.3. The van der Waals surface area contributed by atoms with Crippen LogP contribution in [0.5, 0.6) is 0 Å². The lowest BCUT2D eigenvalue weighted by molar-refractivity contribution is 0.0527. The average Bonchev–Trinajstić information content (AvgIpc) is 2.55. The number of carbonyl (C=O) groups excluding carboxylic acids is 1. The van der Waals surface area contributed by atoms with Crippen LogP contribution in [0.3, 0.4) is 0 Å². The van der Waals surface area contributed by atoms with Crippen LogP contribution in [0.2, 0.25) is 0 Å². The molecule has 22 heavy (non-hydrogen) atoms. The molecule has 0 spiro atoms. The molecule has 0 unspecified atom stereocenters. The number of rotatable bonds is 3. The summed E-state index contributed by atoms with van der Waals surface area (Å²) in [6.45, 7) is 4.19. The van der Waals surface area contributed by atoms with Crippen LogP contribution in [-0.4, -0.2) is 17.6 Å². The highest BCUT2D eigenvalue weighted by molar-refractivity contribution is 6.06. The minimum Gasteiger partial charge on any atom is -0.462 e. The highest BCUT2D eigenvalue weighted by Crippen LogP contribution is 2.31. The number of fused-ring (bicyclic) bond motifs is 1. The lowest BCUT2D eigenvalue weighted by atomic mass is 9.96. The van der Waals surface area contributed by atoms with Gasteiger partial charge in [-0.05, 0) is 25.5 Å². The van der Waals surface area contributed by atoms with Crippen molar-refractivity contribution in [2.24, 2.45) is 0 Å². The molecule has 0 saturated carbocycles. The molecule has 0 saturated heterocycles. The fraction of sp³-hybridized carbons (Fsp3) is 0.158. The van der Waals surface area contributed by atoms with E-state index in [1.54, 1.807) is 13.1 Å². The summed E-state index contributed by atoms with van der Waals surface area (Å²) in [5.74, 6) is -0.337. The van der Waals surface area contributed by atoms with Gasteiger partial charge in [0.15, 0.2) is 0 Å². The molecule has 3 nitrogen and oxygen atoms in total. The Balaban J connectivity index is 2.29. The third-order valence-electron chi connectivity index (χ3n) is 3.61. The summed E-state index contributed by atoms with van der Waals surface area (Å²) in [7, 11) is 0. The zero-order valence-electron chi connectivity index (χ0n) is 12.7. The topological polar surface area (TPSA) is 39.2 Å². The van der Waals surface area contributed by atoms with Gasteiger partial charge in [0.1, 0.15) is 0 Å². The van der Waals surface area contributed by atoms with Crippen molar-refractivity contribution in [2.75, 3.05) is 6.61 Å². The standard InChI is InChI=1S/C19H17NO2/c1-3-22-19(21)16-12-20-17-7-5-4-6-15(17)18(16)14-10-8-13(2)9-11-14/h4-12H,3H2,1-2H3. The summed E-state index contributed by atoms with van der Waals surface area (Å²) < 4.78 is 5.18. The van der Waals surface area contributed by atoms with Crippen molar-refractivity contribution in [3.05, 3.63) is 65.9 Å². The molecule has 0 N–H and O–H groups in total. The first-order valence-electron chi connectivity index (χ1n) is 7.32. The van der Waals surface area contributed by atoms with Gasteiger partial charge in [0.2, 0.25) is 0 Å². The fourth-order valence-electron chi connectivity index (χ4n) is 2.54. The molecule has 0 atom stereocenters. The van der Waals surface area contributed by atoms with Gasteiger partial charge in [0.05, 0.1) is 17.7 Å². The van der Waals surface area contributed by atoms with E-state index in [0.29, 0.717) is 12.2 Å². The number of para-hydroxylation sites is 1. The van der Waals surface area contributed by atoms with Crippen LogP contribution in [0.1, 0.15) is 22.8 Å². The van der Waals surface area contributed by atoms with E-state index in [1.807, 2.05) is 55.5 Å². The van der Waals surface area contributed by atoms with Crippen molar-refractivity contribution in [3.8, 4) is 11.1 Å². The Morgan fingerprint density at radius 1 is 1.09 bits per heavy atom. The number of benzene rings is 2. The molecule has 0 amide bonds. The SMILES string of the molecule is CCOC(=O)c1cnc2ccccc2c1-c1ccc(C)cc1. The number of aromatic nitrogens is 1. The van der Waals surface area contributed by atoms with Gasteiger partial charge in [-0.15, -0.1) is 0 Å². The van der Waals surface area contributed by atoms with Gasteiger partial charge in [-0.1, -0.05) is 48.0 Å². The lowest BCUT2D eigenvalue weighted by Gasteiger charge is -2.12. The van der Waals surface area contributed by atoms with Crippen LogP contribution >= 0.6 is 0 Å². The highest BCUT2D eigenvalue weighted by atomic mass is 16.5. The fourth-order valence-corrected chi connectivity index (χ4v) is 2.54. The molecule has 3 heteroatoms. The molecular formula is C19H17NO2. The Morgan fingerprint density at radius 2 is 1.82 bits per heavy atom. The molecule has 0 radical (unpaired) electrons. The Hall–Kier alpha value is -2.68. The van der Waals surface area contributed by atoms with Crippen LogP contribution < -0.4 is 0 Å². The van der Waals surface area contributed by atoms with Crippen molar-refractivity contribution >= 4 is 16.9 Å². The number of nitrogens with zero attached hydrogens (tertiary/aromatic N) is 1. The van der Waals surface area contributed by atoms with Gasteiger partial charge in [0.25, 0.3) is 0 Å². The maximum Gasteiger partial charge on any atom is 0.340 e. The van der Waals surface area contributed by atoms with Gasteiger partial charge in [-0.2, -0.15) is 0 Å². The normalized spacial score (nSPS) is 10.6. The number of hydrogen-bond acceptors (Lipinski definition) is 3. The van der Waals surface area contributed by atoms with E-state index in [0.717, 1.165) is 22.0 Å². The van der Waals surface area contributed by atoms with Crippen LogP contribution in [0.4, 0.5) is 0 Å². The molecular weight excluding hydrogens is 274 g/mol. The molecule has 1 aromatic heterocycles. The van der Waals surface area contributed by atoms with Crippen molar-refractivity contribution in [3.63, 3.8) is 0 Å². The predicted molar refractivity (Wildman–Crippen MR) is 87.9 cm³/mol. The molecule has 0 aliphatic rings. The van der Waals surface area contributed by atoms with Crippen molar-refractivity contribution < 1.29 is 9.53 Å². The zero-order chi connectivity index (χ0) is 15.5. The van der Waals surface area contributed by atoms with Gasteiger partial charge < -0.3 is 4.74 Å². The number of pyridine rings is 1. The molecule has 3 aromatic rings.